The lowest BCUT2D eigenvalue weighted by Crippen LogP contribution is -2.44. The Morgan fingerprint density at radius 3 is 2.79 bits per heavy atom. The van der Waals surface area contributed by atoms with Crippen molar-refractivity contribution >= 4 is 11.9 Å². The molecule has 5 nitrogen and oxygen atoms in total. The normalized spacial score (nSPS) is 18.1. The molecular formula is C14H18N2O3. The third-order valence-corrected chi connectivity index (χ3v) is 3.43. The monoisotopic (exact) mass is 262 g/mol. The summed E-state index contributed by atoms with van der Waals surface area (Å²) in [6.45, 7) is 5.53. The van der Waals surface area contributed by atoms with Gasteiger partial charge in [0.2, 0.25) is 0 Å². The smallest absolute Gasteiger partial charge is 0.338 e. The summed E-state index contributed by atoms with van der Waals surface area (Å²) in [5, 5.41) is 9.10. The number of pyridine rings is 1. The largest absolute Gasteiger partial charge is 0.478 e. The van der Waals surface area contributed by atoms with Gasteiger partial charge in [-0.2, -0.15) is 0 Å². The van der Waals surface area contributed by atoms with Crippen molar-refractivity contribution in [1.82, 2.24) is 9.88 Å². The van der Waals surface area contributed by atoms with Gasteiger partial charge >= 0.3 is 5.97 Å². The number of amides is 1. The number of carbonyl (C=O) groups excluding carboxylic acids is 1. The number of carboxylic acid groups (broad SMARTS) is 1. The summed E-state index contributed by atoms with van der Waals surface area (Å²) >= 11 is 0. The highest BCUT2D eigenvalue weighted by molar-refractivity contribution is 6.03. The molecule has 0 unspecified atom stereocenters. The van der Waals surface area contributed by atoms with Gasteiger partial charge in [-0.15, -0.1) is 0 Å². The first-order valence-corrected chi connectivity index (χ1v) is 6.38. The van der Waals surface area contributed by atoms with Crippen LogP contribution in [0.15, 0.2) is 18.3 Å². The zero-order chi connectivity index (χ0) is 14.0. The molecule has 0 radical (unpaired) electrons. The molecule has 1 amide bonds. The number of piperidine rings is 1. The predicted molar refractivity (Wildman–Crippen MR) is 70.1 cm³/mol. The summed E-state index contributed by atoms with van der Waals surface area (Å²) in [7, 11) is 0. The van der Waals surface area contributed by atoms with Crippen LogP contribution in [0.2, 0.25) is 0 Å². The van der Waals surface area contributed by atoms with Gasteiger partial charge in [-0.3, -0.25) is 9.78 Å². The Morgan fingerprint density at radius 2 is 2.16 bits per heavy atom. The second-order valence-electron chi connectivity index (χ2n) is 5.70. The van der Waals surface area contributed by atoms with Crippen LogP contribution in [0, 0.1) is 5.41 Å². The summed E-state index contributed by atoms with van der Waals surface area (Å²) < 4.78 is 0. The molecule has 1 fully saturated rings. The van der Waals surface area contributed by atoms with E-state index in [0.29, 0.717) is 13.1 Å². The van der Waals surface area contributed by atoms with Crippen LogP contribution < -0.4 is 0 Å². The predicted octanol–water partition coefficient (Wildman–Crippen LogP) is 2.04. The van der Waals surface area contributed by atoms with E-state index in [2.05, 4.69) is 18.8 Å². The fraction of sp³-hybridized carbons (Fsp3) is 0.500. The molecule has 1 aliphatic heterocycles. The Balaban J connectivity index is 2.27. The van der Waals surface area contributed by atoms with E-state index in [1.165, 1.54) is 18.3 Å². The molecular weight excluding hydrogens is 244 g/mol. The number of hydrogen-bond donors (Lipinski definition) is 1. The van der Waals surface area contributed by atoms with Crippen molar-refractivity contribution in [3.8, 4) is 0 Å². The SMILES string of the molecule is CC1(C)CCCN(C(=O)c2ncccc2C(=O)O)C1. The molecule has 0 aliphatic carbocycles. The molecule has 5 heteroatoms. The summed E-state index contributed by atoms with van der Waals surface area (Å²) in [4.78, 5) is 29.2. The maximum absolute atomic E-state index is 12.4. The Kier molecular flexibility index (Phi) is 3.55. The van der Waals surface area contributed by atoms with Gasteiger partial charge in [0.15, 0.2) is 0 Å². The average molecular weight is 262 g/mol. The Labute approximate surface area is 112 Å². The molecule has 1 aliphatic rings. The second kappa shape index (κ2) is 4.99. The molecule has 1 N–H and O–H groups in total. The summed E-state index contributed by atoms with van der Waals surface area (Å²) in [5.41, 5.74) is 0.0788. The molecule has 0 spiro atoms. The van der Waals surface area contributed by atoms with E-state index < -0.39 is 5.97 Å². The molecule has 0 aromatic carbocycles. The minimum Gasteiger partial charge on any atom is -0.478 e. The van der Waals surface area contributed by atoms with Gasteiger partial charge in [-0.05, 0) is 30.4 Å². The molecule has 102 valence electrons. The zero-order valence-corrected chi connectivity index (χ0v) is 11.2. The lowest BCUT2D eigenvalue weighted by Gasteiger charge is -2.38. The van der Waals surface area contributed by atoms with Crippen LogP contribution in [0.25, 0.3) is 0 Å². The number of aromatic nitrogens is 1. The van der Waals surface area contributed by atoms with Crippen molar-refractivity contribution in [2.24, 2.45) is 5.41 Å². The second-order valence-corrected chi connectivity index (χ2v) is 5.70. The van der Waals surface area contributed by atoms with E-state index in [0.717, 1.165) is 12.8 Å². The quantitative estimate of drug-likeness (QED) is 0.885. The third-order valence-electron chi connectivity index (χ3n) is 3.43. The highest BCUT2D eigenvalue weighted by Gasteiger charge is 2.31. The maximum atomic E-state index is 12.4. The van der Waals surface area contributed by atoms with Crippen molar-refractivity contribution in [2.75, 3.05) is 13.1 Å². The van der Waals surface area contributed by atoms with E-state index in [9.17, 15) is 9.59 Å². The zero-order valence-electron chi connectivity index (χ0n) is 11.2. The number of aromatic carboxylic acids is 1. The van der Waals surface area contributed by atoms with E-state index >= 15 is 0 Å². The summed E-state index contributed by atoms with van der Waals surface area (Å²) in [5.74, 6) is -1.40. The van der Waals surface area contributed by atoms with Crippen LogP contribution in [0.5, 0.6) is 0 Å². The summed E-state index contributed by atoms with van der Waals surface area (Å²) in [6, 6.07) is 2.94. The maximum Gasteiger partial charge on any atom is 0.338 e. The van der Waals surface area contributed by atoms with Crippen LogP contribution in [-0.4, -0.2) is 40.0 Å². The van der Waals surface area contributed by atoms with Crippen molar-refractivity contribution in [1.29, 1.82) is 0 Å². The number of likely N-dealkylation sites (tertiary alicyclic amines) is 1. The van der Waals surface area contributed by atoms with Crippen molar-refractivity contribution in [3.63, 3.8) is 0 Å². The first-order chi connectivity index (χ1) is 8.91. The van der Waals surface area contributed by atoms with E-state index in [1.807, 2.05) is 0 Å². The van der Waals surface area contributed by atoms with Crippen LogP contribution in [0.1, 0.15) is 47.5 Å². The number of nitrogens with zero attached hydrogens (tertiary/aromatic N) is 2. The number of hydrogen-bond acceptors (Lipinski definition) is 3. The first-order valence-electron chi connectivity index (χ1n) is 6.38. The molecule has 0 saturated carbocycles. The fourth-order valence-corrected chi connectivity index (χ4v) is 2.49. The fourth-order valence-electron chi connectivity index (χ4n) is 2.49. The highest BCUT2D eigenvalue weighted by Crippen LogP contribution is 2.29. The number of carbonyl (C=O) groups is 2. The van der Waals surface area contributed by atoms with Gasteiger partial charge in [-0.1, -0.05) is 13.8 Å². The van der Waals surface area contributed by atoms with Gasteiger partial charge in [0.1, 0.15) is 5.69 Å². The lowest BCUT2D eigenvalue weighted by molar-refractivity contribution is 0.0564. The molecule has 0 atom stereocenters. The minimum absolute atomic E-state index is 0.0316. The Hall–Kier alpha value is -1.91. The standard InChI is InChI=1S/C14H18N2O3/c1-14(2)6-4-8-16(9-14)12(17)11-10(13(18)19)5-3-7-15-11/h3,5,7H,4,6,8-9H2,1-2H3,(H,18,19). The molecule has 2 rings (SSSR count). The summed E-state index contributed by atoms with van der Waals surface area (Å²) in [6.07, 6.45) is 3.47. The van der Waals surface area contributed by atoms with E-state index in [4.69, 9.17) is 5.11 Å². The van der Waals surface area contributed by atoms with Gasteiger partial charge in [0.25, 0.3) is 5.91 Å². The van der Waals surface area contributed by atoms with Crippen LogP contribution in [0.4, 0.5) is 0 Å². The minimum atomic E-state index is -1.12. The Morgan fingerprint density at radius 1 is 1.42 bits per heavy atom. The molecule has 1 aromatic heterocycles. The van der Waals surface area contributed by atoms with Crippen LogP contribution in [0.3, 0.4) is 0 Å². The van der Waals surface area contributed by atoms with Gasteiger partial charge in [-0.25, -0.2) is 4.79 Å². The highest BCUT2D eigenvalue weighted by atomic mass is 16.4. The third kappa shape index (κ3) is 2.92. The molecule has 1 aromatic rings. The molecule has 1 saturated heterocycles. The lowest BCUT2D eigenvalue weighted by atomic mass is 9.84. The molecule has 0 bridgehead atoms. The van der Waals surface area contributed by atoms with Crippen molar-refractivity contribution in [3.05, 3.63) is 29.6 Å². The van der Waals surface area contributed by atoms with Gasteiger partial charge in [0, 0.05) is 19.3 Å². The van der Waals surface area contributed by atoms with Gasteiger partial charge < -0.3 is 10.0 Å². The molecule has 19 heavy (non-hydrogen) atoms. The topological polar surface area (TPSA) is 70.5 Å². The molecule has 2 heterocycles. The van der Waals surface area contributed by atoms with Gasteiger partial charge in [0.05, 0.1) is 5.56 Å². The first kappa shape index (κ1) is 13.5. The van der Waals surface area contributed by atoms with Crippen molar-refractivity contribution < 1.29 is 14.7 Å². The van der Waals surface area contributed by atoms with E-state index in [-0.39, 0.29) is 22.6 Å². The van der Waals surface area contributed by atoms with Crippen LogP contribution in [-0.2, 0) is 0 Å². The average Bonchev–Trinajstić information content (AvgIpc) is 2.36. The van der Waals surface area contributed by atoms with E-state index in [1.54, 1.807) is 4.90 Å². The number of rotatable bonds is 2. The van der Waals surface area contributed by atoms with Crippen molar-refractivity contribution in [2.45, 2.75) is 26.7 Å². The Bertz CT molecular complexity index is 511. The number of carboxylic acids is 1. The van der Waals surface area contributed by atoms with Crippen LogP contribution >= 0.6 is 0 Å².